The maximum Gasteiger partial charge on any atom is 0.227 e. The highest BCUT2D eigenvalue weighted by molar-refractivity contribution is 9.11. The lowest BCUT2D eigenvalue weighted by Crippen LogP contribution is -2.52. The van der Waals surface area contributed by atoms with Gasteiger partial charge < -0.3 is 10.6 Å². The van der Waals surface area contributed by atoms with Gasteiger partial charge in [-0.3, -0.25) is 4.79 Å². The van der Waals surface area contributed by atoms with Gasteiger partial charge in [0.2, 0.25) is 5.91 Å². The van der Waals surface area contributed by atoms with Crippen LogP contribution in [0.3, 0.4) is 0 Å². The molecular formula is C14H22BrClN2OS. The van der Waals surface area contributed by atoms with E-state index < -0.39 is 0 Å². The number of hydrogen-bond donors (Lipinski definition) is 1. The average molecular weight is 382 g/mol. The quantitative estimate of drug-likeness (QED) is 0.865. The van der Waals surface area contributed by atoms with Crippen molar-refractivity contribution in [2.45, 2.75) is 44.7 Å². The summed E-state index contributed by atoms with van der Waals surface area (Å²) in [7, 11) is 1.88. The van der Waals surface area contributed by atoms with Crippen LogP contribution in [0.2, 0.25) is 0 Å². The first-order chi connectivity index (χ1) is 8.90. The molecule has 1 aliphatic rings. The van der Waals surface area contributed by atoms with E-state index in [1.165, 1.54) is 4.88 Å². The van der Waals surface area contributed by atoms with E-state index in [1.54, 1.807) is 11.3 Å². The molecule has 1 fully saturated rings. The van der Waals surface area contributed by atoms with Crippen LogP contribution in [0.25, 0.3) is 0 Å². The molecule has 1 aromatic heterocycles. The standard InChI is InChI=1S/C14H21BrN2OS.ClH/c1-14(16)8-4-3-5-11(14)13(18)17(2)9-10-6-7-12(15)19-10;/h6-7,11H,3-5,8-9,16H2,1-2H3;1H. The van der Waals surface area contributed by atoms with Crippen molar-refractivity contribution in [2.75, 3.05) is 7.05 Å². The molecule has 0 bridgehead atoms. The van der Waals surface area contributed by atoms with Gasteiger partial charge in [-0.05, 0) is 47.8 Å². The Morgan fingerprint density at radius 3 is 2.80 bits per heavy atom. The molecule has 2 N–H and O–H groups in total. The molecule has 0 aromatic carbocycles. The molecule has 2 unspecified atom stereocenters. The maximum atomic E-state index is 12.6. The number of nitrogens with two attached hydrogens (primary N) is 1. The first kappa shape index (κ1) is 18.0. The Hall–Kier alpha value is -0.100. The van der Waals surface area contributed by atoms with Crippen molar-refractivity contribution in [1.29, 1.82) is 0 Å². The number of rotatable bonds is 3. The molecule has 114 valence electrons. The van der Waals surface area contributed by atoms with E-state index in [1.807, 2.05) is 24.9 Å². The lowest BCUT2D eigenvalue weighted by atomic mass is 9.74. The Morgan fingerprint density at radius 2 is 2.25 bits per heavy atom. The summed E-state index contributed by atoms with van der Waals surface area (Å²) >= 11 is 5.12. The van der Waals surface area contributed by atoms with Gasteiger partial charge in [-0.2, -0.15) is 0 Å². The van der Waals surface area contributed by atoms with Crippen molar-refractivity contribution < 1.29 is 4.79 Å². The van der Waals surface area contributed by atoms with E-state index in [2.05, 4.69) is 22.0 Å². The Kier molecular flexibility index (Phi) is 6.51. The molecule has 0 spiro atoms. The molecule has 0 saturated heterocycles. The summed E-state index contributed by atoms with van der Waals surface area (Å²) in [5.41, 5.74) is 5.96. The maximum absolute atomic E-state index is 12.6. The van der Waals surface area contributed by atoms with Crippen molar-refractivity contribution >= 4 is 45.6 Å². The van der Waals surface area contributed by atoms with E-state index in [0.717, 1.165) is 29.5 Å². The second-order valence-corrected chi connectivity index (χ2v) is 8.25. The van der Waals surface area contributed by atoms with Crippen LogP contribution in [-0.2, 0) is 11.3 Å². The number of thiophene rings is 1. The van der Waals surface area contributed by atoms with Crippen LogP contribution in [0, 0.1) is 5.92 Å². The van der Waals surface area contributed by atoms with Gasteiger partial charge in [-0.1, -0.05) is 12.8 Å². The van der Waals surface area contributed by atoms with Crippen LogP contribution in [0.5, 0.6) is 0 Å². The van der Waals surface area contributed by atoms with E-state index in [9.17, 15) is 4.79 Å². The first-order valence-electron chi connectivity index (χ1n) is 6.68. The minimum absolute atomic E-state index is 0. The molecule has 0 aliphatic heterocycles. The van der Waals surface area contributed by atoms with Crippen molar-refractivity contribution in [3.8, 4) is 0 Å². The third-order valence-electron chi connectivity index (χ3n) is 3.95. The van der Waals surface area contributed by atoms with E-state index in [0.29, 0.717) is 6.54 Å². The Bertz CT molecular complexity index is 464. The van der Waals surface area contributed by atoms with Gasteiger partial charge in [0.05, 0.1) is 16.2 Å². The van der Waals surface area contributed by atoms with Crippen LogP contribution < -0.4 is 5.73 Å². The Morgan fingerprint density at radius 1 is 1.55 bits per heavy atom. The summed E-state index contributed by atoms with van der Waals surface area (Å²) < 4.78 is 1.10. The van der Waals surface area contributed by atoms with Crippen molar-refractivity contribution in [2.24, 2.45) is 11.7 Å². The lowest BCUT2D eigenvalue weighted by molar-refractivity contribution is -0.138. The Balaban J connectivity index is 0.00000200. The van der Waals surface area contributed by atoms with Crippen LogP contribution >= 0.6 is 39.7 Å². The van der Waals surface area contributed by atoms with Crippen LogP contribution in [-0.4, -0.2) is 23.4 Å². The average Bonchev–Trinajstić information content (AvgIpc) is 2.73. The molecule has 1 heterocycles. The van der Waals surface area contributed by atoms with Gasteiger partial charge in [-0.15, -0.1) is 23.7 Å². The summed E-state index contributed by atoms with van der Waals surface area (Å²) in [6, 6.07) is 4.08. The zero-order valence-corrected chi connectivity index (χ0v) is 15.1. The highest BCUT2D eigenvalue weighted by atomic mass is 79.9. The lowest BCUT2D eigenvalue weighted by Gasteiger charge is -2.39. The number of amides is 1. The molecule has 20 heavy (non-hydrogen) atoms. The van der Waals surface area contributed by atoms with E-state index >= 15 is 0 Å². The molecule has 0 radical (unpaired) electrons. The fourth-order valence-corrected chi connectivity index (χ4v) is 4.32. The van der Waals surface area contributed by atoms with Gasteiger partial charge >= 0.3 is 0 Å². The number of hydrogen-bond acceptors (Lipinski definition) is 3. The van der Waals surface area contributed by atoms with Gasteiger partial charge in [0.1, 0.15) is 0 Å². The second kappa shape index (κ2) is 7.25. The molecule has 1 saturated carbocycles. The van der Waals surface area contributed by atoms with Gasteiger partial charge in [0.15, 0.2) is 0 Å². The topological polar surface area (TPSA) is 46.3 Å². The predicted molar refractivity (Wildman–Crippen MR) is 90.3 cm³/mol. The number of carbonyl (C=O) groups is 1. The third-order valence-corrected chi connectivity index (χ3v) is 5.56. The smallest absolute Gasteiger partial charge is 0.227 e. The summed E-state index contributed by atoms with van der Waals surface area (Å²) in [4.78, 5) is 15.6. The largest absolute Gasteiger partial charge is 0.340 e. The Labute approximate surface area is 139 Å². The second-order valence-electron chi connectivity index (χ2n) is 5.70. The van der Waals surface area contributed by atoms with Crippen molar-refractivity contribution in [1.82, 2.24) is 4.90 Å². The number of nitrogens with zero attached hydrogens (tertiary/aromatic N) is 1. The minimum Gasteiger partial charge on any atom is -0.340 e. The normalized spacial score (nSPS) is 25.9. The molecule has 1 amide bonds. The zero-order valence-electron chi connectivity index (χ0n) is 11.9. The molecule has 1 aromatic rings. The SMILES string of the molecule is CN(Cc1ccc(Br)s1)C(=O)C1CCCCC1(C)N.Cl. The first-order valence-corrected chi connectivity index (χ1v) is 8.29. The van der Waals surface area contributed by atoms with Crippen LogP contribution in [0.1, 0.15) is 37.5 Å². The fraction of sp³-hybridized carbons (Fsp3) is 0.643. The fourth-order valence-electron chi connectivity index (χ4n) is 2.78. The molecule has 3 nitrogen and oxygen atoms in total. The highest BCUT2D eigenvalue weighted by Gasteiger charge is 2.39. The molecule has 2 atom stereocenters. The molecule has 2 rings (SSSR count). The van der Waals surface area contributed by atoms with E-state index in [-0.39, 0.29) is 29.8 Å². The monoisotopic (exact) mass is 380 g/mol. The van der Waals surface area contributed by atoms with Gasteiger partial charge in [-0.25, -0.2) is 0 Å². The van der Waals surface area contributed by atoms with E-state index in [4.69, 9.17) is 5.73 Å². The highest BCUT2D eigenvalue weighted by Crippen LogP contribution is 2.33. The summed E-state index contributed by atoms with van der Waals surface area (Å²) in [6.07, 6.45) is 4.12. The summed E-state index contributed by atoms with van der Waals surface area (Å²) in [6.45, 7) is 2.69. The summed E-state index contributed by atoms with van der Waals surface area (Å²) in [5.74, 6) is 0.156. The molecular weight excluding hydrogens is 360 g/mol. The van der Waals surface area contributed by atoms with Crippen molar-refractivity contribution in [3.63, 3.8) is 0 Å². The third kappa shape index (κ3) is 4.20. The minimum atomic E-state index is -0.348. The summed E-state index contributed by atoms with van der Waals surface area (Å²) in [5, 5.41) is 0. The van der Waals surface area contributed by atoms with Crippen LogP contribution in [0.4, 0.5) is 0 Å². The zero-order chi connectivity index (χ0) is 14.0. The van der Waals surface area contributed by atoms with Crippen molar-refractivity contribution in [3.05, 3.63) is 20.8 Å². The van der Waals surface area contributed by atoms with Crippen LogP contribution in [0.15, 0.2) is 15.9 Å². The number of halogens is 2. The predicted octanol–water partition coefficient (Wildman–Crippen LogP) is 3.80. The van der Waals surface area contributed by atoms with Gasteiger partial charge in [0.25, 0.3) is 0 Å². The molecule has 6 heteroatoms. The van der Waals surface area contributed by atoms with Gasteiger partial charge in [0, 0.05) is 17.5 Å². The molecule has 1 aliphatic carbocycles. The number of carbonyl (C=O) groups excluding carboxylic acids is 1.